The van der Waals surface area contributed by atoms with Gasteiger partial charge in [-0.25, -0.2) is 0 Å². The highest BCUT2D eigenvalue weighted by atomic mass is 35.5. The topological polar surface area (TPSA) is 115 Å². The van der Waals surface area contributed by atoms with Crippen LogP contribution in [0.15, 0.2) is 23.0 Å². The van der Waals surface area contributed by atoms with Gasteiger partial charge in [-0.2, -0.15) is 22.7 Å². The van der Waals surface area contributed by atoms with Crippen molar-refractivity contribution >= 4 is 34.9 Å². The molecule has 208 valence electrons. The van der Waals surface area contributed by atoms with Gasteiger partial charge >= 0.3 is 6.18 Å². The molecule has 2 N–H and O–H groups in total. The van der Waals surface area contributed by atoms with Crippen molar-refractivity contribution in [1.82, 2.24) is 24.5 Å². The number of hydrogen-bond donors (Lipinski definition) is 2. The van der Waals surface area contributed by atoms with E-state index < -0.39 is 23.2 Å². The molecular weight excluding hydrogens is 543 g/mol. The molecule has 3 aliphatic rings. The summed E-state index contributed by atoms with van der Waals surface area (Å²) in [5.41, 5.74) is -1.04. The lowest BCUT2D eigenvalue weighted by atomic mass is 9.86. The van der Waals surface area contributed by atoms with Gasteiger partial charge in [0.05, 0.1) is 47.4 Å². The van der Waals surface area contributed by atoms with Gasteiger partial charge in [0.1, 0.15) is 12.1 Å². The van der Waals surface area contributed by atoms with Crippen LogP contribution in [0.25, 0.3) is 5.78 Å². The van der Waals surface area contributed by atoms with E-state index in [9.17, 15) is 22.8 Å². The molecule has 0 unspecified atom stereocenters. The van der Waals surface area contributed by atoms with Gasteiger partial charge < -0.3 is 29.6 Å². The summed E-state index contributed by atoms with van der Waals surface area (Å²) in [6, 6.07) is 2.71. The standard InChI is InChI=1S/C24H25ClF3N7O4/c25-15-11-14(24(26,27)28)1-2-16(15)30-18(36)12-34-17-13-39-23(3-5-29-6-4-23)19(17)20(37)35-22(34)31-21(32-35)33-7-9-38-10-8-33/h1-2,11,29H,3-10,12-13H2,(H,30,36). The molecule has 1 spiro atoms. The first kappa shape index (κ1) is 26.0. The molecule has 11 nitrogen and oxygen atoms in total. The van der Waals surface area contributed by atoms with E-state index >= 15 is 0 Å². The fourth-order valence-electron chi connectivity index (χ4n) is 5.39. The summed E-state index contributed by atoms with van der Waals surface area (Å²) in [7, 11) is 0. The maximum absolute atomic E-state index is 13.8. The van der Waals surface area contributed by atoms with E-state index in [1.165, 1.54) is 4.52 Å². The van der Waals surface area contributed by atoms with Crippen LogP contribution >= 0.6 is 11.6 Å². The Morgan fingerprint density at radius 1 is 1.21 bits per heavy atom. The van der Waals surface area contributed by atoms with Crippen molar-refractivity contribution in [3.05, 3.63) is 50.4 Å². The number of amides is 1. The van der Waals surface area contributed by atoms with Gasteiger partial charge in [0, 0.05) is 13.1 Å². The molecule has 2 saturated heterocycles. The molecular formula is C24H25ClF3N7O4. The molecule has 0 atom stereocenters. The first-order valence-corrected chi connectivity index (χ1v) is 12.9. The van der Waals surface area contributed by atoms with Gasteiger partial charge in [-0.3, -0.25) is 9.59 Å². The number of alkyl halides is 3. The Hall–Kier alpha value is -3.20. The monoisotopic (exact) mass is 567 g/mol. The lowest BCUT2D eigenvalue weighted by Crippen LogP contribution is -2.43. The van der Waals surface area contributed by atoms with Crippen molar-refractivity contribution in [3.8, 4) is 0 Å². The summed E-state index contributed by atoms with van der Waals surface area (Å²) < 4.78 is 53.5. The van der Waals surface area contributed by atoms with Crippen LogP contribution < -0.4 is 21.1 Å². The summed E-state index contributed by atoms with van der Waals surface area (Å²) in [4.78, 5) is 33.5. The van der Waals surface area contributed by atoms with Crippen molar-refractivity contribution in [2.75, 3.05) is 49.6 Å². The highest BCUT2D eigenvalue weighted by Crippen LogP contribution is 2.41. The molecule has 1 amide bonds. The summed E-state index contributed by atoms with van der Waals surface area (Å²) in [5.74, 6) is -0.0469. The molecule has 0 bridgehead atoms. The van der Waals surface area contributed by atoms with Gasteiger partial charge in [-0.05, 0) is 44.1 Å². The van der Waals surface area contributed by atoms with Gasteiger partial charge in [-0.15, -0.1) is 5.10 Å². The second-order valence-corrected chi connectivity index (χ2v) is 10.1. The number of carbonyl (C=O) groups excluding carboxylic acids is 1. The molecule has 39 heavy (non-hydrogen) atoms. The zero-order valence-corrected chi connectivity index (χ0v) is 21.4. The molecule has 0 aliphatic carbocycles. The van der Waals surface area contributed by atoms with E-state index in [2.05, 4.69) is 20.7 Å². The van der Waals surface area contributed by atoms with E-state index in [0.29, 0.717) is 69.4 Å². The molecule has 0 saturated carbocycles. The fraction of sp³-hybridized carbons (Fsp3) is 0.500. The third-order valence-corrected chi connectivity index (χ3v) is 7.67. The van der Waals surface area contributed by atoms with E-state index in [1.807, 2.05) is 4.90 Å². The Bertz CT molecular complexity index is 1490. The fourth-order valence-corrected chi connectivity index (χ4v) is 5.62. The zero-order chi connectivity index (χ0) is 27.4. The van der Waals surface area contributed by atoms with E-state index in [0.717, 1.165) is 18.2 Å². The van der Waals surface area contributed by atoms with Crippen molar-refractivity contribution in [3.63, 3.8) is 0 Å². The molecule has 2 aromatic heterocycles. The number of aromatic nitrogens is 4. The third-order valence-electron chi connectivity index (χ3n) is 7.36. The van der Waals surface area contributed by atoms with Crippen LogP contribution in [-0.2, 0) is 39.2 Å². The number of fused-ring (bicyclic) bond motifs is 3. The van der Waals surface area contributed by atoms with Crippen LogP contribution in [0.5, 0.6) is 0 Å². The average molecular weight is 568 g/mol. The van der Waals surface area contributed by atoms with Crippen molar-refractivity contribution in [2.45, 2.75) is 37.8 Å². The number of nitrogens with one attached hydrogen (secondary N) is 2. The number of halogens is 4. The summed E-state index contributed by atoms with van der Waals surface area (Å²) >= 11 is 6.05. The van der Waals surface area contributed by atoms with Crippen LogP contribution in [0.2, 0.25) is 5.02 Å². The second kappa shape index (κ2) is 9.77. The molecule has 5 heterocycles. The first-order valence-electron chi connectivity index (χ1n) is 12.5. The quantitative estimate of drug-likeness (QED) is 0.493. The van der Waals surface area contributed by atoms with Crippen LogP contribution in [-0.4, -0.2) is 64.5 Å². The molecule has 3 aliphatic heterocycles. The van der Waals surface area contributed by atoms with E-state index in [1.54, 1.807) is 4.57 Å². The molecule has 6 rings (SSSR count). The lowest BCUT2D eigenvalue weighted by molar-refractivity contribution is -0.137. The van der Waals surface area contributed by atoms with Crippen LogP contribution in [0.3, 0.4) is 0 Å². The molecule has 1 aromatic carbocycles. The first-order chi connectivity index (χ1) is 18.7. The number of benzene rings is 1. The van der Waals surface area contributed by atoms with Crippen LogP contribution in [0.4, 0.5) is 24.8 Å². The van der Waals surface area contributed by atoms with Crippen molar-refractivity contribution in [2.24, 2.45) is 0 Å². The summed E-state index contributed by atoms with van der Waals surface area (Å²) in [5, 5.41) is 10.1. The molecule has 0 radical (unpaired) electrons. The highest BCUT2D eigenvalue weighted by molar-refractivity contribution is 6.33. The Kier molecular flexibility index (Phi) is 6.52. The minimum Gasteiger partial charge on any atom is -0.378 e. The largest absolute Gasteiger partial charge is 0.416 e. The number of piperidine rings is 1. The normalized spacial score (nSPS) is 19.0. The Morgan fingerprint density at radius 2 is 1.95 bits per heavy atom. The number of rotatable bonds is 4. The number of ether oxygens (including phenoxy) is 2. The predicted octanol–water partition coefficient (Wildman–Crippen LogP) is 2.15. The maximum Gasteiger partial charge on any atom is 0.416 e. The molecule has 2 fully saturated rings. The molecule has 3 aromatic rings. The third kappa shape index (κ3) is 4.64. The lowest BCUT2D eigenvalue weighted by Gasteiger charge is -2.33. The van der Waals surface area contributed by atoms with E-state index in [-0.39, 0.29) is 35.2 Å². The van der Waals surface area contributed by atoms with Crippen molar-refractivity contribution < 1.29 is 27.4 Å². The minimum atomic E-state index is -4.56. The minimum absolute atomic E-state index is 0.0323. The number of anilines is 2. The van der Waals surface area contributed by atoms with Gasteiger partial charge in [0.2, 0.25) is 17.6 Å². The van der Waals surface area contributed by atoms with E-state index in [4.69, 9.17) is 21.1 Å². The Labute approximate surface area is 224 Å². The SMILES string of the molecule is O=C(Cn1c2c(c(=O)n3nc(N4CCOCC4)nc13)C1(CCNCC1)OC2)Nc1ccc(C(F)(F)F)cc1Cl. The number of nitrogens with zero attached hydrogens (tertiary/aromatic N) is 5. The highest BCUT2D eigenvalue weighted by Gasteiger charge is 2.46. The Balaban J connectivity index is 1.40. The Morgan fingerprint density at radius 3 is 2.64 bits per heavy atom. The summed E-state index contributed by atoms with van der Waals surface area (Å²) in [6.07, 6.45) is -3.40. The number of carbonyl (C=O) groups is 1. The smallest absolute Gasteiger partial charge is 0.378 e. The zero-order valence-electron chi connectivity index (χ0n) is 20.7. The van der Waals surface area contributed by atoms with Crippen molar-refractivity contribution in [1.29, 1.82) is 0 Å². The predicted molar refractivity (Wildman–Crippen MR) is 134 cm³/mol. The van der Waals surface area contributed by atoms with Gasteiger partial charge in [-0.1, -0.05) is 11.6 Å². The van der Waals surface area contributed by atoms with Crippen LogP contribution in [0, 0.1) is 0 Å². The number of hydrogen-bond acceptors (Lipinski definition) is 8. The van der Waals surface area contributed by atoms with Gasteiger partial charge in [0.15, 0.2) is 0 Å². The maximum atomic E-state index is 13.8. The summed E-state index contributed by atoms with van der Waals surface area (Å²) in [6.45, 7) is 3.25. The van der Waals surface area contributed by atoms with Crippen LogP contribution in [0.1, 0.15) is 29.7 Å². The average Bonchev–Trinajstić information content (AvgIpc) is 3.51. The van der Waals surface area contributed by atoms with Gasteiger partial charge in [0.25, 0.3) is 5.56 Å². The number of morpholine rings is 1. The molecule has 15 heteroatoms. The second-order valence-electron chi connectivity index (χ2n) is 9.71.